The number of aromatic nitrogens is 2. The van der Waals surface area contributed by atoms with E-state index in [1.54, 1.807) is 4.90 Å². The molecule has 2 amide bonds. The fourth-order valence-corrected chi connectivity index (χ4v) is 3.85. The molecule has 2 heterocycles. The topological polar surface area (TPSA) is 75.2 Å². The van der Waals surface area contributed by atoms with Gasteiger partial charge in [0, 0.05) is 25.1 Å². The van der Waals surface area contributed by atoms with Gasteiger partial charge in [0.1, 0.15) is 5.01 Å². The van der Waals surface area contributed by atoms with Gasteiger partial charge in [-0.3, -0.25) is 9.59 Å². The largest absolute Gasteiger partial charge is 0.311 e. The summed E-state index contributed by atoms with van der Waals surface area (Å²) in [6.45, 7) is 6.51. The molecule has 1 unspecified atom stereocenters. The van der Waals surface area contributed by atoms with Crippen molar-refractivity contribution in [1.82, 2.24) is 10.2 Å². The van der Waals surface area contributed by atoms with E-state index in [9.17, 15) is 9.59 Å². The van der Waals surface area contributed by atoms with Crippen LogP contribution in [0.3, 0.4) is 0 Å². The predicted molar refractivity (Wildman–Crippen MR) is 104 cm³/mol. The number of hydrogen-bond donors (Lipinski definition) is 1. The third kappa shape index (κ3) is 4.09. The molecule has 1 saturated heterocycles. The lowest BCUT2D eigenvalue weighted by Crippen LogP contribution is -2.28. The van der Waals surface area contributed by atoms with Gasteiger partial charge in [-0.2, -0.15) is 0 Å². The van der Waals surface area contributed by atoms with E-state index in [4.69, 9.17) is 0 Å². The smallest absolute Gasteiger partial charge is 0.231 e. The highest BCUT2D eigenvalue weighted by atomic mass is 32.1. The van der Waals surface area contributed by atoms with Crippen molar-refractivity contribution in [2.45, 2.75) is 46.5 Å². The molecule has 0 bridgehead atoms. The Morgan fingerprint density at radius 1 is 1.35 bits per heavy atom. The van der Waals surface area contributed by atoms with Crippen LogP contribution >= 0.6 is 11.3 Å². The SMILES string of the molecule is CCCCc1nnc(NC(=O)C2CC(=O)N(c3cc(C)ccc3C)C2)s1. The zero-order valence-electron chi connectivity index (χ0n) is 15.4. The number of benzene rings is 1. The number of carbonyl (C=O) groups is 2. The first-order valence-corrected chi connectivity index (χ1v) is 9.80. The normalized spacial score (nSPS) is 17.0. The summed E-state index contributed by atoms with van der Waals surface area (Å²) in [6.07, 6.45) is 3.26. The van der Waals surface area contributed by atoms with Crippen molar-refractivity contribution in [3.05, 3.63) is 34.3 Å². The second kappa shape index (κ2) is 7.95. The zero-order valence-corrected chi connectivity index (χ0v) is 16.2. The number of anilines is 2. The van der Waals surface area contributed by atoms with Gasteiger partial charge in [-0.15, -0.1) is 10.2 Å². The van der Waals surface area contributed by atoms with Gasteiger partial charge in [0.2, 0.25) is 16.9 Å². The molecule has 1 fully saturated rings. The molecule has 1 atom stereocenters. The highest BCUT2D eigenvalue weighted by Gasteiger charge is 2.36. The van der Waals surface area contributed by atoms with Crippen LogP contribution in [-0.4, -0.2) is 28.6 Å². The monoisotopic (exact) mass is 372 g/mol. The fraction of sp³-hybridized carbons (Fsp3) is 0.474. The van der Waals surface area contributed by atoms with Gasteiger partial charge in [-0.1, -0.05) is 36.8 Å². The van der Waals surface area contributed by atoms with Crippen molar-refractivity contribution in [1.29, 1.82) is 0 Å². The highest BCUT2D eigenvalue weighted by molar-refractivity contribution is 7.15. The van der Waals surface area contributed by atoms with Gasteiger partial charge >= 0.3 is 0 Å². The van der Waals surface area contributed by atoms with Crippen LogP contribution in [0.2, 0.25) is 0 Å². The van der Waals surface area contributed by atoms with Crippen LogP contribution in [0.25, 0.3) is 0 Å². The van der Waals surface area contributed by atoms with E-state index < -0.39 is 0 Å². The Labute approximate surface area is 157 Å². The lowest BCUT2D eigenvalue weighted by atomic mass is 10.1. The van der Waals surface area contributed by atoms with Crippen molar-refractivity contribution in [3.63, 3.8) is 0 Å². The minimum atomic E-state index is -0.370. The molecule has 1 N–H and O–H groups in total. The van der Waals surface area contributed by atoms with Gasteiger partial charge in [0.25, 0.3) is 0 Å². The lowest BCUT2D eigenvalue weighted by molar-refractivity contribution is -0.122. The fourth-order valence-electron chi connectivity index (χ4n) is 3.07. The van der Waals surface area contributed by atoms with Crippen LogP contribution in [0.15, 0.2) is 18.2 Å². The van der Waals surface area contributed by atoms with Gasteiger partial charge < -0.3 is 10.2 Å². The second-order valence-corrected chi connectivity index (χ2v) is 7.85. The van der Waals surface area contributed by atoms with Crippen molar-refractivity contribution in [2.75, 3.05) is 16.8 Å². The molecule has 2 aromatic rings. The summed E-state index contributed by atoms with van der Waals surface area (Å²) >= 11 is 1.41. The molecule has 0 spiro atoms. The molecule has 0 aliphatic carbocycles. The molecule has 0 saturated carbocycles. The van der Waals surface area contributed by atoms with E-state index in [0.717, 1.165) is 41.1 Å². The van der Waals surface area contributed by atoms with Crippen molar-refractivity contribution >= 4 is 34.0 Å². The quantitative estimate of drug-likeness (QED) is 0.842. The van der Waals surface area contributed by atoms with E-state index >= 15 is 0 Å². The van der Waals surface area contributed by atoms with Crippen LogP contribution in [0, 0.1) is 19.8 Å². The Morgan fingerprint density at radius 2 is 2.15 bits per heavy atom. The summed E-state index contributed by atoms with van der Waals surface area (Å²) in [5, 5.41) is 12.4. The van der Waals surface area contributed by atoms with E-state index in [1.807, 2.05) is 32.0 Å². The number of hydrogen-bond acceptors (Lipinski definition) is 5. The molecule has 1 aromatic carbocycles. The lowest BCUT2D eigenvalue weighted by Gasteiger charge is -2.19. The average molecular weight is 372 g/mol. The maximum absolute atomic E-state index is 12.6. The number of nitrogens with zero attached hydrogens (tertiary/aromatic N) is 3. The van der Waals surface area contributed by atoms with Gasteiger partial charge in [-0.25, -0.2) is 0 Å². The molecule has 1 aliphatic rings. The number of aryl methyl sites for hydroxylation is 3. The summed E-state index contributed by atoms with van der Waals surface area (Å²) in [6, 6.07) is 6.03. The molecule has 138 valence electrons. The number of unbranched alkanes of at least 4 members (excludes halogenated alkanes) is 1. The summed E-state index contributed by atoms with van der Waals surface area (Å²) in [5.41, 5.74) is 3.03. The Balaban J connectivity index is 1.65. The molecule has 0 radical (unpaired) electrons. The van der Waals surface area contributed by atoms with Crippen LogP contribution in [0.4, 0.5) is 10.8 Å². The molecule has 6 nitrogen and oxygen atoms in total. The Kier molecular flexibility index (Phi) is 5.66. The van der Waals surface area contributed by atoms with E-state index in [2.05, 4.69) is 22.4 Å². The van der Waals surface area contributed by atoms with Gasteiger partial charge in [0.05, 0.1) is 5.92 Å². The maximum atomic E-state index is 12.6. The first kappa shape index (κ1) is 18.5. The predicted octanol–water partition coefficient (Wildman–Crippen LogP) is 3.49. The maximum Gasteiger partial charge on any atom is 0.231 e. The molecular formula is C19H24N4O2S. The summed E-state index contributed by atoms with van der Waals surface area (Å²) in [5.74, 6) is -0.547. The van der Waals surface area contributed by atoms with Crippen molar-refractivity contribution in [2.24, 2.45) is 5.92 Å². The Hall–Kier alpha value is -2.28. The number of amides is 2. The highest BCUT2D eigenvalue weighted by Crippen LogP contribution is 2.29. The summed E-state index contributed by atoms with van der Waals surface area (Å²) in [7, 11) is 0. The number of rotatable bonds is 6. The minimum absolute atomic E-state index is 0.0141. The summed E-state index contributed by atoms with van der Waals surface area (Å²) in [4.78, 5) is 26.7. The Bertz CT molecular complexity index is 818. The van der Waals surface area contributed by atoms with Crippen LogP contribution in [-0.2, 0) is 16.0 Å². The second-order valence-electron chi connectivity index (χ2n) is 6.79. The third-order valence-electron chi connectivity index (χ3n) is 4.59. The van der Waals surface area contributed by atoms with Crippen LogP contribution < -0.4 is 10.2 Å². The minimum Gasteiger partial charge on any atom is -0.311 e. The van der Waals surface area contributed by atoms with Crippen LogP contribution in [0.1, 0.15) is 42.3 Å². The summed E-state index contributed by atoms with van der Waals surface area (Å²) < 4.78 is 0. The van der Waals surface area contributed by atoms with Crippen LogP contribution in [0.5, 0.6) is 0 Å². The molecule has 3 rings (SSSR count). The van der Waals surface area contributed by atoms with Crippen molar-refractivity contribution < 1.29 is 9.59 Å². The first-order chi connectivity index (χ1) is 12.5. The van der Waals surface area contributed by atoms with E-state index in [-0.39, 0.29) is 24.2 Å². The van der Waals surface area contributed by atoms with E-state index in [1.165, 1.54) is 11.3 Å². The molecular weight excluding hydrogens is 348 g/mol. The molecule has 7 heteroatoms. The van der Waals surface area contributed by atoms with Crippen molar-refractivity contribution in [3.8, 4) is 0 Å². The molecule has 1 aromatic heterocycles. The Morgan fingerprint density at radius 3 is 2.92 bits per heavy atom. The molecule has 1 aliphatic heterocycles. The standard InChI is InChI=1S/C19H24N4O2S/c1-4-5-6-16-21-22-19(26-16)20-18(25)14-10-17(24)23(11-14)15-9-12(2)7-8-13(15)3/h7-9,14H,4-6,10-11H2,1-3H3,(H,20,22,25). The number of nitrogens with one attached hydrogen (secondary N) is 1. The van der Waals surface area contributed by atoms with Gasteiger partial charge in [0.15, 0.2) is 0 Å². The van der Waals surface area contributed by atoms with E-state index in [0.29, 0.717) is 11.7 Å². The van der Waals surface area contributed by atoms with Gasteiger partial charge in [-0.05, 0) is 37.5 Å². The third-order valence-corrected chi connectivity index (χ3v) is 5.49. The average Bonchev–Trinajstić information content (AvgIpc) is 3.21. The number of carbonyl (C=O) groups excluding carboxylic acids is 2. The zero-order chi connectivity index (χ0) is 18.7. The molecule has 26 heavy (non-hydrogen) atoms. The first-order valence-electron chi connectivity index (χ1n) is 8.98.